The Morgan fingerprint density at radius 3 is 2.27 bits per heavy atom. The van der Waals surface area contributed by atoms with E-state index in [1.807, 2.05) is 41.2 Å². The number of hydrogen-bond donors (Lipinski definition) is 2. The van der Waals surface area contributed by atoms with Crippen LogP contribution in [-0.2, 0) is 12.8 Å². The van der Waals surface area contributed by atoms with Crippen LogP contribution >= 0.6 is 0 Å². The number of nitrogens with zero attached hydrogens (tertiary/aromatic N) is 2. The lowest BCUT2D eigenvalue weighted by Gasteiger charge is -2.07. The predicted molar refractivity (Wildman–Crippen MR) is 98.8 cm³/mol. The number of nitrogens with one attached hydrogen (secondary N) is 2. The largest absolute Gasteiger partial charge is 0.338 e. The SMILES string of the molecule is O=C(NCCc1ccc(F)cc1)NCCc1cnn(-c2ccccc2)c1. The molecule has 0 unspecified atom stereocenters. The van der Waals surface area contributed by atoms with Crippen molar-refractivity contribution in [2.45, 2.75) is 12.8 Å². The average molecular weight is 352 g/mol. The van der Waals surface area contributed by atoms with E-state index in [-0.39, 0.29) is 11.8 Å². The molecule has 2 N–H and O–H groups in total. The van der Waals surface area contributed by atoms with Gasteiger partial charge >= 0.3 is 6.03 Å². The predicted octanol–water partition coefficient (Wildman–Crippen LogP) is 3.10. The minimum atomic E-state index is -0.255. The highest BCUT2D eigenvalue weighted by Crippen LogP contribution is 2.07. The van der Waals surface area contributed by atoms with Crippen molar-refractivity contribution < 1.29 is 9.18 Å². The van der Waals surface area contributed by atoms with Gasteiger partial charge in [0.2, 0.25) is 0 Å². The molecule has 0 spiro atoms. The number of aromatic nitrogens is 2. The molecule has 0 aliphatic carbocycles. The molecule has 0 fully saturated rings. The monoisotopic (exact) mass is 352 g/mol. The van der Waals surface area contributed by atoms with E-state index in [0.29, 0.717) is 25.9 Å². The van der Waals surface area contributed by atoms with Gasteiger partial charge < -0.3 is 10.6 Å². The summed E-state index contributed by atoms with van der Waals surface area (Å²) in [5.41, 5.74) is 3.05. The van der Waals surface area contributed by atoms with Gasteiger partial charge in [0.25, 0.3) is 0 Å². The first kappa shape index (κ1) is 17.7. The number of rotatable bonds is 7. The fourth-order valence-corrected chi connectivity index (χ4v) is 2.57. The molecule has 0 atom stereocenters. The maximum Gasteiger partial charge on any atom is 0.314 e. The molecule has 1 aromatic heterocycles. The number of urea groups is 1. The first-order valence-corrected chi connectivity index (χ1v) is 8.56. The van der Waals surface area contributed by atoms with Gasteiger partial charge in [0.05, 0.1) is 11.9 Å². The van der Waals surface area contributed by atoms with Gasteiger partial charge in [-0.2, -0.15) is 5.10 Å². The lowest BCUT2D eigenvalue weighted by molar-refractivity contribution is 0.241. The van der Waals surface area contributed by atoms with E-state index >= 15 is 0 Å². The smallest absolute Gasteiger partial charge is 0.314 e. The lowest BCUT2D eigenvalue weighted by Crippen LogP contribution is -2.37. The van der Waals surface area contributed by atoms with Crippen LogP contribution in [0, 0.1) is 5.82 Å². The van der Waals surface area contributed by atoms with Crippen molar-refractivity contribution in [3.05, 3.63) is 83.9 Å². The van der Waals surface area contributed by atoms with Crippen LogP contribution in [0.5, 0.6) is 0 Å². The topological polar surface area (TPSA) is 59.0 Å². The molecular formula is C20H21FN4O. The van der Waals surface area contributed by atoms with Crippen molar-refractivity contribution in [2.24, 2.45) is 0 Å². The standard InChI is InChI=1S/C20H21FN4O/c21-18-8-6-16(7-9-18)10-12-22-20(26)23-13-11-17-14-24-25(15-17)19-4-2-1-3-5-19/h1-9,14-15H,10-13H2,(H2,22,23,26). The lowest BCUT2D eigenvalue weighted by atomic mass is 10.1. The second kappa shape index (κ2) is 8.80. The minimum Gasteiger partial charge on any atom is -0.338 e. The normalized spacial score (nSPS) is 10.5. The highest BCUT2D eigenvalue weighted by Gasteiger charge is 2.03. The Morgan fingerprint density at radius 1 is 0.923 bits per heavy atom. The summed E-state index contributed by atoms with van der Waals surface area (Å²) in [5, 5.41) is 9.96. The zero-order valence-electron chi connectivity index (χ0n) is 14.4. The molecule has 3 aromatic rings. The van der Waals surface area contributed by atoms with E-state index in [9.17, 15) is 9.18 Å². The van der Waals surface area contributed by atoms with Crippen molar-refractivity contribution in [1.82, 2.24) is 20.4 Å². The molecule has 134 valence electrons. The second-order valence-electron chi connectivity index (χ2n) is 5.94. The van der Waals surface area contributed by atoms with Crippen LogP contribution in [0.3, 0.4) is 0 Å². The summed E-state index contributed by atoms with van der Waals surface area (Å²) in [6, 6.07) is 16.0. The summed E-state index contributed by atoms with van der Waals surface area (Å²) in [4.78, 5) is 11.8. The molecular weight excluding hydrogens is 331 g/mol. The second-order valence-corrected chi connectivity index (χ2v) is 5.94. The zero-order valence-corrected chi connectivity index (χ0v) is 14.4. The molecule has 5 nitrogen and oxygen atoms in total. The molecule has 2 amide bonds. The summed E-state index contributed by atoms with van der Waals surface area (Å²) in [5.74, 6) is -0.255. The molecule has 0 saturated heterocycles. The number of hydrogen-bond acceptors (Lipinski definition) is 2. The first-order chi connectivity index (χ1) is 12.7. The Hall–Kier alpha value is -3.15. The van der Waals surface area contributed by atoms with E-state index in [4.69, 9.17) is 0 Å². The number of halogens is 1. The Labute approximate surface area is 151 Å². The van der Waals surface area contributed by atoms with Crippen LogP contribution in [0.25, 0.3) is 5.69 Å². The van der Waals surface area contributed by atoms with Gasteiger partial charge in [-0.3, -0.25) is 0 Å². The van der Waals surface area contributed by atoms with Crippen molar-refractivity contribution in [3.63, 3.8) is 0 Å². The van der Waals surface area contributed by atoms with Gasteiger partial charge in [-0.15, -0.1) is 0 Å². The van der Waals surface area contributed by atoms with E-state index in [1.54, 1.807) is 18.3 Å². The van der Waals surface area contributed by atoms with Gasteiger partial charge in [0.15, 0.2) is 0 Å². The number of carbonyl (C=O) groups excluding carboxylic acids is 1. The highest BCUT2D eigenvalue weighted by molar-refractivity contribution is 5.73. The molecule has 26 heavy (non-hydrogen) atoms. The van der Waals surface area contributed by atoms with Crippen molar-refractivity contribution >= 4 is 6.03 Å². The zero-order chi connectivity index (χ0) is 18.2. The highest BCUT2D eigenvalue weighted by atomic mass is 19.1. The molecule has 0 bridgehead atoms. The van der Waals surface area contributed by atoms with Crippen LogP contribution in [0.15, 0.2) is 67.0 Å². The van der Waals surface area contributed by atoms with Crippen LogP contribution in [0.1, 0.15) is 11.1 Å². The summed E-state index contributed by atoms with van der Waals surface area (Å²) < 4.78 is 14.6. The van der Waals surface area contributed by atoms with Crippen molar-refractivity contribution in [2.75, 3.05) is 13.1 Å². The van der Waals surface area contributed by atoms with Gasteiger partial charge in [-0.05, 0) is 48.2 Å². The van der Waals surface area contributed by atoms with E-state index < -0.39 is 0 Å². The summed E-state index contributed by atoms with van der Waals surface area (Å²) >= 11 is 0. The van der Waals surface area contributed by atoms with Crippen LogP contribution < -0.4 is 10.6 Å². The first-order valence-electron chi connectivity index (χ1n) is 8.56. The van der Waals surface area contributed by atoms with E-state index in [2.05, 4.69) is 15.7 Å². The molecule has 3 rings (SSSR count). The van der Waals surface area contributed by atoms with Gasteiger partial charge in [-0.25, -0.2) is 13.9 Å². The van der Waals surface area contributed by atoms with E-state index in [1.165, 1.54) is 12.1 Å². The minimum absolute atomic E-state index is 0.206. The third kappa shape index (κ3) is 5.17. The third-order valence-electron chi connectivity index (χ3n) is 3.97. The summed E-state index contributed by atoms with van der Waals surface area (Å²) in [6.45, 7) is 1.03. The van der Waals surface area contributed by atoms with Crippen LogP contribution in [0.2, 0.25) is 0 Å². The van der Waals surface area contributed by atoms with Gasteiger partial charge in [-0.1, -0.05) is 30.3 Å². The summed E-state index contributed by atoms with van der Waals surface area (Å²) in [7, 11) is 0. The maximum atomic E-state index is 12.8. The number of carbonyl (C=O) groups is 1. The van der Waals surface area contributed by atoms with Crippen LogP contribution in [0.4, 0.5) is 9.18 Å². The molecule has 0 aliphatic rings. The van der Waals surface area contributed by atoms with Gasteiger partial charge in [0, 0.05) is 19.3 Å². The Kier molecular flexibility index (Phi) is 5.98. The third-order valence-corrected chi connectivity index (χ3v) is 3.97. The molecule has 2 aromatic carbocycles. The quantitative estimate of drug-likeness (QED) is 0.686. The molecule has 0 aliphatic heterocycles. The Morgan fingerprint density at radius 2 is 1.58 bits per heavy atom. The number of amides is 2. The van der Waals surface area contributed by atoms with Crippen molar-refractivity contribution in [3.8, 4) is 5.69 Å². The molecule has 1 heterocycles. The van der Waals surface area contributed by atoms with Crippen molar-refractivity contribution in [1.29, 1.82) is 0 Å². The number of para-hydroxylation sites is 1. The number of benzene rings is 2. The van der Waals surface area contributed by atoms with E-state index in [0.717, 1.165) is 16.8 Å². The van der Waals surface area contributed by atoms with Crippen LogP contribution in [-0.4, -0.2) is 28.9 Å². The molecule has 0 radical (unpaired) electrons. The maximum absolute atomic E-state index is 12.8. The fourth-order valence-electron chi connectivity index (χ4n) is 2.57. The molecule has 0 saturated carbocycles. The Balaban J connectivity index is 1.36. The Bertz CT molecular complexity index is 831. The van der Waals surface area contributed by atoms with Gasteiger partial charge in [0.1, 0.15) is 5.82 Å². The average Bonchev–Trinajstić information content (AvgIpc) is 3.13. The fraction of sp³-hybridized carbons (Fsp3) is 0.200. The summed E-state index contributed by atoms with van der Waals surface area (Å²) in [6.07, 6.45) is 5.14. The molecule has 6 heteroatoms.